The SMILES string of the molecule is Cc1nc(Cc2ccccc2)sc1C(=O)N(C)CCC(N)C(C)C.Cl.Cl. The van der Waals surface area contributed by atoms with Crippen LogP contribution in [-0.4, -0.2) is 35.4 Å². The van der Waals surface area contributed by atoms with Crippen molar-refractivity contribution in [1.82, 2.24) is 9.88 Å². The van der Waals surface area contributed by atoms with Gasteiger partial charge in [0.15, 0.2) is 0 Å². The molecule has 1 heterocycles. The third kappa shape index (κ3) is 6.88. The van der Waals surface area contributed by atoms with Gasteiger partial charge in [-0.05, 0) is 24.8 Å². The Hall–Kier alpha value is -1.14. The number of benzene rings is 1. The molecule has 1 unspecified atom stereocenters. The van der Waals surface area contributed by atoms with Crippen LogP contribution in [0.25, 0.3) is 0 Å². The molecule has 1 aromatic heterocycles. The molecule has 2 rings (SSSR count). The van der Waals surface area contributed by atoms with Gasteiger partial charge in [-0.2, -0.15) is 0 Å². The molecule has 4 nitrogen and oxygen atoms in total. The smallest absolute Gasteiger partial charge is 0.265 e. The van der Waals surface area contributed by atoms with Crippen LogP contribution in [0.2, 0.25) is 0 Å². The van der Waals surface area contributed by atoms with Gasteiger partial charge in [0.1, 0.15) is 4.88 Å². The second-order valence-electron chi connectivity index (χ2n) is 6.61. The number of nitrogens with zero attached hydrogens (tertiary/aromatic N) is 2. The standard InChI is InChI=1S/C19H27N3OS.2ClH/c1-13(2)16(20)10-11-22(4)19(23)18-14(3)21-17(24-18)12-15-8-6-5-7-9-15;;/h5-9,13,16H,10-12,20H2,1-4H3;2*1H. The van der Waals surface area contributed by atoms with E-state index in [0.717, 1.165) is 28.4 Å². The van der Waals surface area contributed by atoms with Crippen molar-refractivity contribution >= 4 is 42.1 Å². The number of rotatable bonds is 7. The fraction of sp³-hybridized carbons (Fsp3) is 0.474. The van der Waals surface area contributed by atoms with Gasteiger partial charge >= 0.3 is 0 Å². The molecule has 0 radical (unpaired) electrons. The largest absolute Gasteiger partial charge is 0.341 e. The van der Waals surface area contributed by atoms with Gasteiger partial charge in [0, 0.05) is 26.1 Å². The molecule has 0 fully saturated rings. The van der Waals surface area contributed by atoms with Crippen molar-refractivity contribution in [2.24, 2.45) is 11.7 Å². The van der Waals surface area contributed by atoms with Crippen molar-refractivity contribution in [3.63, 3.8) is 0 Å². The van der Waals surface area contributed by atoms with Gasteiger partial charge in [0.2, 0.25) is 0 Å². The Bertz CT molecular complexity index is 677. The Kier molecular flexibility index (Phi) is 11.0. The Morgan fingerprint density at radius 2 is 1.85 bits per heavy atom. The molecular formula is C19H29Cl2N3OS. The maximum atomic E-state index is 12.7. The molecule has 0 aliphatic heterocycles. The highest BCUT2D eigenvalue weighted by atomic mass is 35.5. The molecule has 0 saturated carbocycles. The van der Waals surface area contributed by atoms with Crippen molar-refractivity contribution in [2.45, 2.75) is 39.7 Å². The third-order valence-corrected chi connectivity index (χ3v) is 5.38. The summed E-state index contributed by atoms with van der Waals surface area (Å²) in [5.74, 6) is 0.469. The van der Waals surface area contributed by atoms with Crippen LogP contribution in [0.3, 0.4) is 0 Å². The van der Waals surface area contributed by atoms with E-state index in [1.807, 2.05) is 32.2 Å². The minimum atomic E-state index is 0. The predicted octanol–water partition coefficient (Wildman–Crippen LogP) is 4.33. The van der Waals surface area contributed by atoms with Crippen LogP contribution in [0, 0.1) is 12.8 Å². The van der Waals surface area contributed by atoms with Gasteiger partial charge in [-0.15, -0.1) is 36.2 Å². The first-order valence-corrected chi connectivity index (χ1v) is 9.21. The number of aromatic nitrogens is 1. The first-order chi connectivity index (χ1) is 11.4. The zero-order chi connectivity index (χ0) is 17.7. The zero-order valence-electron chi connectivity index (χ0n) is 15.8. The summed E-state index contributed by atoms with van der Waals surface area (Å²) < 4.78 is 0. The number of thiazole rings is 1. The lowest BCUT2D eigenvalue weighted by molar-refractivity contribution is 0.0793. The molecule has 1 aromatic carbocycles. The molecule has 0 spiro atoms. The fourth-order valence-corrected chi connectivity index (χ4v) is 3.54. The summed E-state index contributed by atoms with van der Waals surface area (Å²) in [5, 5.41) is 0.981. The number of hydrogen-bond acceptors (Lipinski definition) is 4. The van der Waals surface area contributed by atoms with Crippen LogP contribution in [0.5, 0.6) is 0 Å². The van der Waals surface area contributed by atoms with Crippen LogP contribution < -0.4 is 5.73 Å². The van der Waals surface area contributed by atoms with E-state index < -0.39 is 0 Å². The van der Waals surface area contributed by atoms with Gasteiger partial charge in [-0.3, -0.25) is 4.79 Å². The van der Waals surface area contributed by atoms with Crippen LogP contribution in [0.15, 0.2) is 30.3 Å². The van der Waals surface area contributed by atoms with Crippen molar-refractivity contribution in [3.8, 4) is 0 Å². The first kappa shape index (κ1) is 24.9. The van der Waals surface area contributed by atoms with Crippen LogP contribution in [0.1, 0.15) is 46.2 Å². The average Bonchev–Trinajstić information content (AvgIpc) is 2.92. The summed E-state index contributed by atoms with van der Waals surface area (Å²) in [4.78, 5) is 19.7. The highest BCUT2D eigenvalue weighted by Gasteiger charge is 2.20. The minimum absolute atomic E-state index is 0. The molecule has 2 N–H and O–H groups in total. The summed E-state index contributed by atoms with van der Waals surface area (Å²) in [6.45, 7) is 6.79. The van der Waals surface area contributed by atoms with Crippen LogP contribution in [-0.2, 0) is 6.42 Å². The van der Waals surface area contributed by atoms with Crippen molar-refractivity contribution in [3.05, 3.63) is 51.5 Å². The number of aryl methyl sites for hydroxylation is 1. The summed E-state index contributed by atoms with van der Waals surface area (Å²) in [6, 6.07) is 10.3. The van der Waals surface area contributed by atoms with E-state index in [9.17, 15) is 4.79 Å². The fourth-order valence-electron chi connectivity index (χ4n) is 2.45. The molecule has 0 saturated heterocycles. The summed E-state index contributed by atoms with van der Waals surface area (Å²) >= 11 is 1.50. The van der Waals surface area contributed by atoms with Crippen molar-refractivity contribution < 1.29 is 4.79 Å². The van der Waals surface area contributed by atoms with Gasteiger partial charge in [-0.1, -0.05) is 44.2 Å². The Morgan fingerprint density at radius 3 is 2.42 bits per heavy atom. The van der Waals surface area contributed by atoms with Gasteiger partial charge < -0.3 is 10.6 Å². The highest BCUT2D eigenvalue weighted by Crippen LogP contribution is 2.22. The molecule has 0 aliphatic rings. The minimum Gasteiger partial charge on any atom is -0.341 e. The van der Waals surface area contributed by atoms with Crippen LogP contribution in [0.4, 0.5) is 0 Å². The predicted molar refractivity (Wildman–Crippen MR) is 115 cm³/mol. The Balaban J connectivity index is 0.00000312. The number of halogens is 2. The summed E-state index contributed by atoms with van der Waals surface area (Å²) in [5.41, 5.74) is 8.10. The zero-order valence-corrected chi connectivity index (χ0v) is 18.2. The van der Waals surface area contributed by atoms with Crippen molar-refractivity contribution in [1.29, 1.82) is 0 Å². The number of carbonyl (C=O) groups excluding carboxylic acids is 1. The van der Waals surface area contributed by atoms with Gasteiger partial charge in [-0.25, -0.2) is 4.98 Å². The maximum absolute atomic E-state index is 12.7. The Morgan fingerprint density at radius 1 is 1.23 bits per heavy atom. The van der Waals surface area contributed by atoms with E-state index in [1.54, 1.807) is 4.90 Å². The topological polar surface area (TPSA) is 59.2 Å². The molecule has 146 valence electrons. The molecule has 1 amide bonds. The van der Waals surface area contributed by atoms with E-state index in [1.165, 1.54) is 16.9 Å². The normalized spacial score (nSPS) is 11.5. The number of amides is 1. The van der Waals surface area contributed by atoms with E-state index in [0.29, 0.717) is 12.5 Å². The number of nitrogens with two attached hydrogens (primary N) is 1. The Labute approximate surface area is 173 Å². The van der Waals surface area contributed by atoms with E-state index >= 15 is 0 Å². The monoisotopic (exact) mass is 417 g/mol. The maximum Gasteiger partial charge on any atom is 0.265 e. The number of hydrogen-bond donors (Lipinski definition) is 1. The first-order valence-electron chi connectivity index (χ1n) is 8.39. The lowest BCUT2D eigenvalue weighted by Gasteiger charge is -2.21. The van der Waals surface area contributed by atoms with Gasteiger partial charge in [0.05, 0.1) is 10.7 Å². The summed E-state index contributed by atoms with van der Waals surface area (Å²) in [7, 11) is 1.84. The summed E-state index contributed by atoms with van der Waals surface area (Å²) in [6.07, 6.45) is 1.58. The van der Waals surface area contributed by atoms with Crippen LogP contribution >= 0.6 is 36.2 Å². The molecule has 26 heavy (non-hydrogen) atoms. The lowest BCUT2D eigenvalue weighted by atomic mass is 10.0. The molecule has 1 atom stereocenters. The highest BCUT2D eigenvalue weighted by molar-refractivity contribution is 7.13. The van der Waals surface area contributed by atoms with E-state index in [4.69, 9.17) is 5.73 Å². The second kappa shape index (κ2) is 11.5. The van der Waals surface area contributed by atoms with Gasteiger partial charge in [0.25, 0.3) is 5.91 Å². The van der Waals surface area contributed by atoms with E-state index in [-0.39, 0.29) is 36.8 Å². The quantitative estimate of drug-likeness (QED) is 0.728. The molecule has 2 aromatic rings. The molecular weight excluding hydrogens is 389 g/mol. The number of carbonyl (C=O) groups is 1. The lowest BCUT2D eigenvalue weighted by Crippen LogP contribution is -2.34. The molecule has 7 heteroatoms. The average molecular weight is 418 g/mol. The molecule has 0 bridgehead atoms. The van der Waals surface area contributed by atoms with Crippen molar-refractivity contribution in [2.75, 3.05) is 13.6 Å². The second-order valence-corrected chi connectivity index (χ2v) is 7.69. The molecule has 0 aliphatic carbocycles. The van der Waals surface area contributed by atoms with E-state index in [2.05, 4.69) is 31.0 Å². The third-order valence-electron chi connectivity index (χ3n) is 4.23.